The topological polar surface area (TPSA) is 90.0 Å². The summed E-state index contributed by atoms with van der Waals surface area (Å²) in [6.07, 6.45) is 0.997. The van der Waals surface area contributed by atoms with Crippen molar-refractivity contribution in [3.63, 3.8) is 0 Å². The molecule has 0 aliphatic rings. The van der Waals surface area contributed by atoms with E-state index in [4.69, 9.17) is 11.6 Å². The Labute approximate surface area is 218 Å². The van der Waals surface area contributed by atoms with Crippen molar-refractivity contribution in [1.29, 1.82) is 0 Å². The standard InChI is InChI=1S/C25H34ClFN4O4S/c1-6-18(3)28-25(33)22(7-2)30(16-19-12-14-20(26)15-13-19)24(32)17-31(36(34,35)29(4)5)23-11-9-8-10-21(23)27/h8-15,18,22H,6-7,16-17H2,1-5H3,(H,28,33)/t18-,22+/m1/s1. The number of hydrogen-bond acceptors (Lipinski definition) is 4. The smallest absolute Gasteiger partial charge is 0.304 e. The molecule has 11 heteroatoms. The van der Waals surface area contributed by atoms with Gasteiger partial charge in [-0.15, -0.1) is 0 Å². The van der Waals surface area contributed by atoms with Crippen LogP contribution in [0.15, 0.2) is 48.5 Å². The second-order valence-electron chi connectivity index (χ2n) is 8.64. The van der Waals surface area contributed by atoms with Crippen LogP contribution in [0.5, 0.6) is 0 Å². The lowest BCUT2D eigenvalue weighted by Crippen LogP contribution is -2.54. The van der Waals surface area contributed by atoms with Crippen LogP contribution in [0.2, 0.25) is 5.02 Å². The molecule has 1 N–H and O–H groups in total. The number of para-hydroxylation sites is 1. The quantitative estimate of drug-likeness (QED) is 0.443. The van der Waals surface area contributed by atoms with E-state index in [1.807, 2.05) is 13.8 Å². The van der Waals surface area contributed by atoms with Crippen LogP contribution in [0.1, 0.15) is 39.2 Å². The molecule has 36 heavy (non-hydrogen) atoms. The van der Waals surface area contributed by atoms with E-state index in [1.54, 1.807) is 31.2 Å². The van der Waals surface area contributed by atoms with Crippen LogP contribution in [0.3, 0.4) is 0 Å². The van der Waals surface area contributed by atoms with Crippen molar-refractivity contribution in [2.45, 2.75) is 52.2 Å². The van der Waals surface area contributed by atoms with Gasteiger partial charge in [0.05, 0.1) is 5.69 Å². The molecule has 0 fully saturated rings. The molecule has 0 radical (unpaired) electrons. The first kappa shape index (κ1) is 29.5. The van der Waals surface area contributed by atoms with E-state index in [0.717, 1.165) is 14.7 Å². The van der Waals surface area contributed by atoms with Crippen molar-refractivity contribution < 1.29 is 22.4 Å². The summed E-state index contributed by atoms with van der Waals surface area (Å²) in [6.45, 7) is 4.91. The Morgan fingerprint density at radius 3 is 2.17 bits per heavy atom. The number of anilines is 1. The van der Waals surface area contributed by atoms with Gasteiger partial charge in [0.15, 0.2) is 0 Å². The zero-order valence-electron chi connectivity index (χ0n) is 21.2. The van der Waals surface area contributed by atoms with Crippen LogP contribution in [0.25, 0.3) is 0 Å². The van der Waals surface area contributed by atoms with Gasteiger partial charge in [-0.2, -0.15) is 12.7 Å². The first-order valence-electron chi connectivity index (χ1n) is 11.7. The van der Waals surface area contributed by atoms with Crippen molar-refractivity contribution in [3.8, 4) is 0 Å². The third-order valence-electron chi connectivity index (χ3n) is 5.79. The molecule has 2 rings (SSSR count). The van der Waals surface area contributed by atoms with E-state index < -0.39 is 34.5 Å². The summed E-state index contributed by atoms with van der Waals surface area (Å²) in [4.78, 5) is 28.2. The van der Waals surface area contributed by atoms with Gasteiger partial charge in [-0.3, -0.25) is 9.59 Å². The summed E-state index contributed by atoms with van der Waals surface area (Å²) in [5.41, 5.74) is 0.443. The van der Waals surface area contributed by atoms with Crippen LogP contribution in [-0.4, -0.2) is 62.2 Å². The number of halogens is 2. The zero-order valence-corrected chi connectivity index (χ0v) is 22.8. The third-order valence-corrected chi connectivity index (χ3v) is 7.85. The van der Waals surface area contributed by atoms with Gasteiger partial charge in [0.1, 0.15) is 18.4 Å². The average molecular weight is 541 g/mol. The highest BCUT2D eigenvalue weighted by Gasteiger charge is 2.34. The predicted molar refractivity (Wildman–Crippen MR) is 140 cm³/mol. The number of carbonyl (C=O) groups excluding carboxylic acids is 2. The SMILES string of the molecule is CC[C@@H](C)NC(=O)[C@H](CC)N(Cc1ccc(Cl)cc1)C(=O)CN(c1ccccc1F)S(=O)(=O)N(C)C. The molecule has 2 aromatic carbocycles. The Hall–Kier alpha value is -2.69. The van der Waals surface area contributed by atoms with Crippen molar-refractivity contribution in [3.05, 3.63) is 64.9 Å². The van der Waals surface area contributed by atoms with Gasteiger partial charge in [0.2, 0.25) is 11.8 Å². The lowest BCUT2D eigenvalue weighted by molar-refractivity contribution is -0.140. The Bertz CT molecular complexity index is 1150. The van der Waals surface area contributed by atoms with Gasteiger partial charge in [0, 0.05) is 31.7 Å². The van der Waals surface area contributed by atoms with E-state index in [2.05, 4.69) is 5.32 Å². The number of rotatable bonds is 12. The molecular formula is C25H34ClFN4O4S. The van der Waals surface area contributed by atoms with Crippen LogP contribution >= 0.6 is 11.6 Å². The highest BCUT2D eigenvalue weighted by molar-refractivity contribution is 7.90. The van der Waals surface area contributed by atoms with Crippen molar-refractivity contribution in [1.82, 2.24) is 14.5 Å². The van der Waals surface area contributed by atoms with Gasteiger partial charge in [0.25, 0.3) is 0 Å². The lowest BCUT2D eigenvalue weighted by Gasteiger charge is -2.34. The van der Waals surface area contributed by atoms with Gasteiger partial charge < -0.3 is 10.2 Å². The number of hydrogen-bond donors (Lipinski definition) is 1. The molecule has 0 bridgehead atoms. The minimum atomic E-state index is -4.24. The molecular weight excluding hydrogens is 507 g/mol. The highest BCUT2D eigenvalue weighted by Crippen LogP contribution is 2.24. The molecule has 2 aromatic rings. The Morgan fingerprint density at radius 1 is 1.03 bits per heavy atom. The molecule has 198 valence electrons. The largest absolute Gasteiger partial charge is 0.352 e. The van der Waals surface area contributed by atoms with Crippen molar-refractivity contribution in [2.24, 2.45) is 0 Å². The van der Waals surface area contributed by atoms with Gasteiger partial charge in [-0.1, -0.05) is 49.7 Å². The van der Waals surface area contributed by atoms with E-state index in [-0.39, 0.29) is 24.2 Å². The molecule has 2 amide bonds. The number of benzene rings is 2. The second kappa shape index (κ2) is 13.0. The number of carbonyl (C=O) groups is 2. The molecule has 0 aliphatic heterocycles. The number of nitrogens with zero attached hydrogens (tertiary/aromatic N) is 3. The maximum absolute atomic E-state index is 14.7. The van der Waals surface area contributed by atoms with Gasteiger partial charge in [-0.05, 0) is 49.6 Å². The minimum Gasteiger partial charge on any atom is -0.352 e. The molecule has 0 aliphatic carbocycles. The molecule has 0 unspecified atom stereocenters. The number of nitrogens with one attached hydrogen (secondary N) is 1. The van der Waals surface area contributed by atoms with Crippen LogP contribution in [0, 0.1) is 5.82 Å². The van der Waals surface area contributed by atoms with Gasteiger partial charge >= 0.3 is 10.2 Å². The summed E-state index contributed by atoms with van der Waals surface area (Å²) in [5.74, 6) is -1.78. The second-order valence-corrected chi connectivity index (χ2v) is 11.1. The van der Waals surface area contributed by atoms with Crippen LogP contribution in [0.4, 0.5) is 10.1 Å². The Kier molecular flexibility index (Phi) is 10.7. The van der Waals surface area contributed by atoms with Gasteiger partial charge in [-0.25, -0.2) is 8.70 Å². The third kappa shape index (κ3) is 7.41. The highest BCUT2D eigenvalue weighted by atomic mass is 35.5. The normalized spacial score (nSPS) is 13.2. The van der Waals surface area contributed by atoms with Crippen LogP contribution < -0.4 is 9.62 Å². The Balaban J connectivity index is 2.51. The van der Waals surface area contributed by atoms with E-state index in [9.17, 15) is 22.4 Å². The Morgan fingerprint density at radius 2 is 1.64 bits per heavy atom. The fourth-order valence-electron chi connectivity index (χ4n) is 3.50. The summed E-state index contributed by atoms with van der Waals surface area (Å²) < 4.78 is 42.5. The predicted octanol–water partition coefficient (Wildman–Crippen LogP) is 3.81. The average Bonchev–Trinajstić information content (AvgIpc) is 2.83. The van der Waals surface area contributed by atoms with Crippen molar-refractivity contribution >= 4 is 39.3 Å². The molecule has 8 nitrogen and oxygen atoms in total. The van der Waals surface area contributed by atoms with Crippen molar-refractivity contribution in [2.75, 3.05) is 24.9 Å². The fraction of sp³-hybridized carbons (Fsp3) is 0.440. The summed E-state index contributed by atoms with van der Waals surface area (Å²) in [5, 5.41) is 3.41. The monoisotopic (exact) mass is 540 g/mol. The summed E-state index contributed by atoms with van der Waals surface area (Å²) >= 11 is 6.00. The van der Waals surface area contributed by atoms with E-state index in [0.29, 0.717) is 23.4 Å². The summed E-state index contributed by atoms with van der Waals surface area (Å²) in [7, 11) is -1.64. The van der Waals surface area contributed by atoms with Crippen LogP contribution in [-0.2, 0) is 26.3 Å². The molecule has 0 heterocycles. The summed E-state index contributed by atoms with van der Waals surface area (Å²) in [6, 6.07) is 11.2. The number of amides is 2. The van der Waals surface area contributed by atoms with E-state index in [1.165, 1.54) is 37.2 Å². The molecule has 2 atom stereocenters. The first-order chi connectivity index (χ1) is 16.9. The lowest BCUT2D eigenvalue weighted by atomic mass is 10.1. The fourth-order valence-corrected chi connectivity index (χ4v) is 4.69. The zero-order chi connectivity index (χ0) is 27.0. The molecule has 0 aromatic heterocycles. The first-order valence-corrected chi connectivity index (χ1v) is 13.5. The molecule has 0 spiro atoms. The molecule has 0 saturated carbocycles. The molecule has 0 saturated heterocycles. The van der Waals surface area contributed by atoms with E-state index >= 15 is 0 Å². The minimum absolute atomic E-state index is 0.0373. The maximum atomic E-state index is 14.7. The maximum Gasteiger partial charge on any atom is 0.304 e.